The molecule has 0 bridgehead atoms. The summed E-state index contributed by atoms with van der Waals surface area (Å²) in [5.41, 5.74) is 0. The monoisotopic (exact) mass is 170 g/mol. The van der Waals surface area contributed by atoms with Gasteiger partial charge in [0, 0.05) is 17.1 Å². The summed E-state index contributed by atoms with van der Waals surface area (Å²) in [5.74, 6) is 0. The van der Waals surface area contributed by atoms with Gasteiger partial charge in [-0.1, -0.05) is 0 Å². The second-order valence-corrected chi connectivity index (χ2v) is 0. The summed E-state index contributed by atoms with van der Waals surface area (Å²) in [6, 6.07) is 0. The van der Waals surface area contributed by atoms with Crippen molar-refractivity contribution < 1.29 is 47.6 Å². The first kappa shape index (κ1) is 7670. The van der Waals surface area contributed by atoms with Crippen LogP contribution in [0, 0.1) is 0 Å². The molecular formula is H9F3FeO3. The van der Waals surface area contributed by atoms with Crippen LogP contribution in [0.2, 0.25) is 0 Å². The van der Waals surface area contributed by atoms with Crippen LogP contribution in [0.15, 0.2) is 0 Å². The molecule has 0 aromatic rings. The molecule has 0 aromatic heterocycles. The number of rotatable bonds is 0. The van der Waals surface area contributed by atoms with Crippen LogP contribution in [0.5, 0.6) is 0 Å². The second kappa shape index (κ2) is 4640. The average Bonchev–Trinajstić information content (AvgIpc) is 0. The third-order valence-electron chi connectivity index (χ3n) is 0. The van der Waals surface area contributed by atoms with Crippen LogP contribution < -0.4 is 0 Å². The van der Waals surface area contributed by atoms with Crippen molar-refractivity contribution in [3.05, 3.63) is 0 Å². The maximum Gasteiger partial charge on any atom is 0 e. The molecular weight excluding hydrogens is 161 g/mol. The molecule has 7 heteroatoms. The van der Waals surface area contributed by atoms with Gasteiger partial charge in [-0.25, -0.2) is 0 Å². The van der Waals surface area contributed by atoms with Gasteiger partial charge in [0.15, 0.2) is 0 Å². The molecule has 56 valence electrons. The fraction of sp³-hybridized carbons (Fsp3) is 0. The normalized spacial score (nSPS) is 0. The molecule has 7 heavy (non-hydrogen) atoms. The predicted octanol–water partition coefficient (Wildman–Crippen LogP) is -2.02. The molecule has 0 fully saturated rings. The van der Waals surface area contributed by atoms with Gasteiger partial charge < -0.3 is 16.4 Å². The van der Waals surface area contributed by atoms with E-state index in [1.54, 1.807) is 0 Å². The summed E-state index contributed by atoms with van der Waals surface area (Å²) in [5, 5.41) is 0. The second-order valence-electron chi connectivity index (χ2n) is 0. The van der Waals surface area contributed by atoms with E-state index in [0.717, 1.165) is 0 Å². The molecule has 0 unspecified atom stereocenters. The third kappa shape index (κ3) is 3030. The molecule has 0 saturated heterocycles. The van der Waals surface area contributed by atoms with Crippen molar-refractivity contribution in [3.8, 4) is 0 Å². The van der Waals surface area contributed by atoms with Crippen molar-refractivity contribution in [2.24, 2.45) is 0 Å². The Balaban J connectivity index is 0. The minimum atomic E-state index is 0. The first-order valence-corrected chi connectivity index (χ1v) is 0. The molecule has 0 amide bonds. The number of hydrogen-bond acceptors (Lipinski definition) is 0. The third-order valence-corrected chi connectivity index (χ3v) is 0. The van der Waals surface area contributed by atoms with Crippen molar-refractivity contribution >= 4 is 0 Å². The molecule has 0 atom stereocenters. The Morgan fingerprint density at radius 1 is 0.429 bits per heavy atom. The zero-order chi connectivity index (χ0) is 0. The van der Waals surface area contributed by atoms with Gasteiger partial charge in [-0.05, 0) is 0 Å². The minimum absolute atomic E-state index is 0. The van der Waals surface area contributed by atoms with Crippen LogP contribution >= 0.6 is 0 Å². The molecule has 3 nitrogen and oxygen atoms in total. The molecule has 0 aliphatic rings. The summed E-state index contributed by atoms with van der Waals surface area (Å²) in [4.78, 5) is 0. The standard InChI is InChI=1S/3FH.Fe.3H2O/h3*1H;;3*1H2. The summed E-state index contributed by atoms with van der Waals surface area (Å²) in [7, 11) is 0. The van der Waals surface area contributed by atoms with Gasteiger partial charge in [0.1, 0.15) is 0 Å². The van der Waals surface area contributed by atoms with Crippen molar-refractivity contribution in [2.45, 2.75) is 0 Å². The largest absolute Gasteiger partial charge is 0.412 e. The van der Waals surface area contributed by atoms with E-state index in [-0.39, 0.29) is 47.6 Å². The van der Waals surface area contributed by atoms with Gasteiger partial charge in [-0.3, -0.25) is 14.1 Å². The van der Waals surface area contributed by atoms with Gasteiger partial charge in [-0.2, -0.15) is 0 Å². The molecule has 0 spiro atoms. The number of halogens is 3. The smallest absolute Gasteiger partial charge is 0 e. The molecule has 0 aromatic carbocycles. The molecule has 0 aliphatic heterocycles. The van der Waals surface area contributed by atoms with Gasteiger partial charge >= 0.3 is 0 Å². The van der Waals surface area contributed by atoms with E-state index in [1.807, 2.05) is 0 Å². The fourth-order valence-corrected chi connectivity index (χ4v) is 0. The summed E-state index contributed by atoms with van der Waals surface area (Å²) < 4.78 is 0. The number of hydrogen-bond donors (Lipinski definition) is 0. The average molecular weight is 170 g/mol. The Bertz CT molecular complexity index is 10.1. The van der Waals surface area contributed by atoms with Crippen LogP contribution in [0.1, 0.15) is 0 Å². The zero-order valence-electron chi connectivity index (χ0n) is 3.08. The van der Waals surface area contributed by atoms with E-state index in [9.17, 15) is 0 Å². The van der Waals surface area contributed by atoms with Crippen LogP contribution in [-0.4, -0.2) is 16.4 Å². The van der Waals surface area contributed by atoms with E-state index in [0.29, 0.717) is 0 Å². The maximum atomic E-state index is 0. The summed E-state index contributed by atoms with van der Waals surface area (Å²) in [6.07, 6.45) is 0. The predicted molar refractivity (Wildman–Crippen MR) is 18.4 cm³/mol. The summed E-state index contributed by atoms with van der Waals surface area (Å²) >= 11 is 0. The van der Waals surface area contributed by atoms with Gasteiger partial charge in [0.2, 0.25) is 0 Å². The van der Waals surface area contributed by atoms with E-state index in [4.69, 9.17) is 0 Å². The van der Waals surface area contributed by atoms with Crippen molar-refractivity contribution in [3.63, 3.8) is 0 Å². The van der Waals surface area contributed by atoms with Crippen molar-refractivity contribution in [2.75, 3.05) is 0 Å². The van der Waals surface area contributed by atoms with Crippen molar-refractivity contribution in [1.82, 2.24) is 0 Å². The Morgan fingerprint density at radius 3 is 0.429 bits per heavy atom. The van der Waals surface area contributed by atoms with E-state index in [1.165, 1.54) is 0 Å². The van der Waals surface area contributed by atoms with Gasteiger partial charge in [0.05, 0.1) is 0 Å². The topological polar surface area (TPSA) is 94.5 Å². The van der Waals surface area contributed by atoms with E-state index in [2.05, 4.69) is 0 Å². The first-order chi connectivity index (χ1) is 0. The van der Waals surface area contributed by atoms with Gasteiger partial charge in [0.25, 0.3) is 0 Å². The fourth-order valence-electron chi connectivity index (χ4n) is 0. The molecule has 0 aliphatic carbocycles. The van der Waals surface area contributed by atoms with E-state index >= 15 is 0 Å². The minimum Gasteiger partial charge on any atom is -0.412 e. The molecule has 0 radical (unpaired) electrons. The molecule has 0 rings (SSSR count). The molecule has 0 saturated carbocycles. The van der Waals surface area contributed by atoms with Crippen molar-refractivity contribution in [1.29, 1.82) is 0 Å². The van der Waals surface area contributed by atoms with Crippen LogP contribution in [-0.2, 0) is 17.1 Å². The Morgan fingerprint density at radius 2 is 0.429 bits per heavy atom. The van der Waals surface area contributed by atoms with E-state index < -0.39 is 0 Å². The molecule has 0 heterocycles. The Labute approximate surface area is 48.6 Å². The SMILES string of the molecule is F.F.F.O.O.O.[Fe]. The molecule has 6 N–H and O–H groups in total. The first-order valence-electron chi connectivity index (χ1n) is 0. The Hall–Kier alpha value is 0.189. The zero-order valence-corrected chi connectivity index (χ0v) is 4.18. The summed E-state index contributed by atoms with van der Waals surface area (Å²) in [6.45, 7) is 0. The maximum absolute atomic E-state index is 0. The van der Waals surface area contributed by atoms with Crippen LogP contribution in [0.25, 0.3) is 0 Å². The van der Waals surface area contributed by atoms with Crippen LogP contribution in [0.4, 0.5) is 14.1 Å². The van der Waals surface area contributed by atoms with Gasteiger partial charge in [-0.15, -0.1) is 0 Å². The van der Waals surface area contributed by atoms with Crippen LogP contribution in [0.3, 0.4) is 0 Å². The Kier molecular flexibility index (Phi) is 5090000. The quantitative estimate of drug-likeness (QED) is 0.375.